The first kappa shape index (κ1) is 12.4. The summed E-state index contributed by atoms with van der Waals surface area (Å²) >= 11 is 5.15. The van der Waals surface area contributed by atoms with Gasteiger partial charge in [-0.3, -0.25) is 4.79 Å². The number of anilines is 2. The minimum atomic E-state index is -0.682. The smallest absolute Gasteiger partial charge is 0.273 e. The summed E-state index contributed by atoms with van der Waals surface area (Å²) in [5, 5.41) is 13.9. The molecule has 0 atom stereocenters. The molecule has 2 aromatic rings. The monoisotopic (exact) mass is 290 g/mol. The van der Waals surface area contributed by atoms with Crippen molar-refractivity contribution < 1.29 is 9.53 Å². The van der Waals surface area contributed by atoms with Crippen molar-refractivity contribution in [2.24, 2.45) is 5.73 Å². The van der Waals surface area contributed by atoms with Crippen molar-refractivity contribution in [3.8, 4) is 11.4 Å². The molecule has 20 heavy (non-hydrogen) atoms. The maximum atomic E-state index is 11.3. The van der Waals surface area contributed by atoms with Crippen LogP contribution in [0.2, 0.25) is 0 Å². The van der Waals surface area contributed by atoms with Gasteiger partial charge in [0, 0.05) is 6.07 Å². The number of fused-ring (bicyclic) bond motifs is 3. The molecule has 0 fully saturated rings. The molecule has 0 bridgehead atoms. The van der Waals surface area contributed by atoms with Crippen LogP contribution in [0.25, 0.3) is 5.69 Å². The summed E-state index contributed by atoms with van der Waals surface area (Å²) in [7, 11) is 1.57. The lowest BCUT2D eigenvalue weighted by Gasteiger charge is -2.09. The van der Waals surface area contributed by atoms with Gasteiger partial charge in [0.15, 0.2) is 16.6 Å². The van der Waals surface area contributed by atoms with Crippen LogP contribution in [0.15, 0.2) is 18.2 Å². The van der Waals surface area contributed by atoms with Crippen LogP contribution in [0.3, 0.4) is 0 Å². The summed E-state index contributed by atoms with van der Waals surface area (Å²) in [4.78, 5) is 11.3. The maximum Gasteiger partial charge on any atom is 0.273 e. The molecule has 2 heterocycles. The zero-order chi connectivity index (χ0) is 14.3. The van der Waals surface area contributed by atoms with Gasteiger partial charge in [0.05, 0.1) is 18.5 Å². The average Bonchev–Trinajstić information content (AvgIpc) is 2.76. The first-order valence-corrected chi connectivity index (χ1v) is 6.03. The number of benzene rings is 1. The number of nitrogens with one attached hydrogen (secondary N) is 2. The molecule has 0 radical (unpaired) electrons. The highest BCUT2D eigenvalue weighted by molar-refractivity contribution is 7.80. The highest BCUT2D eigenvalue weighted by Gasteiger charge is 2.24. The Morgan fingerprint density at radius 2 is 2.25 bits per heavy atom. The minimum Gasteiger partial charge on any atom is -0.497 e. The maximum absolute atomic E-state index is 11.3. The van der Waals surface area contributed by atoms with Crippen LogP contribution < -0.4 is 21.1 Å². The number of aromatic nitrogens is 3. The largest absolute Gasteiger partial charge is 0.497 e. The first-order valence-electron chi connectivity index (χ1n) is 5.62. The topological polar surface area (TPSA) is 107 Å². The van der Waals surface area contributed by atoms with E-state index in [2.05, 4.69) is 20.9 Å². The standard InChI is InChI=1S/C11H10N6O2S/c1-19-5-2-3-7-6(4-5)13-11(20)14-10-8(9(12)18)15-16-17(7)10/h2-4H,1H3,(H2,12,18)(H2,13,14,20). The second kappa shape index (κ2) is 4.46. The zero-order valence-corrected chi connectivity index (χ0v) is 11.2. The number of rotatable bonds is 2. The molecule has 0 unspecified atom stereocenters. The Hall–Kier alpha value is -2.68. The number of carbonyl (C=O) groups excluding carboxylic acids is 1. The molecule has 1 aromatic carbocycles. The summed E-state index contributed by atoms with van der Waals surface area (Å²) in [6.07, 6.45) is 0. The van der Waals surface area contributed by atoms with Crippen molar-refractivity contribution in [2.45, 2.75) is 0 Å². The lowest BCUT2D eigenvalue weighted by atomic mass is 10.2. The highest BCUT2D eigenvalue weighted by atomic mass is 32.1. The van der Waals surface area contributed by atoms with Gasteiger partial charge in [0.25, 0.3) is 5.91 Å². The number of methoxy groups -OCH3 is 1. The Bertz CT molecular complexity index is 726. The van der Waals surface area contributed by atoms with Crippen LogP contribution in [0.4, 0.5) is 11.5 Å². The second-order valence-electron chi connectivity index (χ2n) is 4.02. The Morgan fingerprint density at radius 3 is 2.95 bits per heavy atom. The van der Waals surface area contributed by atoms with Crippen LogP contribution in [-0.4, -0.2) is 33.1 Å². The van der Waals surface area contributed by atoms with E-state index in [0.717, 1.165) is 0 Å². The van der Waals surface area contributed by atoms with E-state index in [1.807, 2.05) is 0 Å². The number of primary amides is 1. The average molecular weight is 290 g/mol. The molecule has 0 aliphatic carbocycles. The van der Waals surface area contributed by atoms with E-state index < -0.39 is 5.91 Å². The van der Waals surface area contributed by atoms with Crippen LogP contribution >= 0.6 is 12.2 Å². The molecule has 102 valence electrons. The fourth-order valence-electron chi connectivity index (χ4n) is 1.92. The van der Waals surface area contributed by atoms with Gasteiger partial charge >= 0.3 is 0 Å². The van der Waals surface area contributed by atoms with Gasteiger partial charge in [-0.2, -0.15) is 4.68 Å². The molecule has 8 nitrogen and oxygen atoms in total. The molecular weight excluding hydrogens is 280 g/mol. The molecule has 0 saturated heterocycles. The quantitative estimate of drug-likeness (QED) is 0.691. The Labute approximate surface area is 118 Å². The molecule has 4 N–H and O–H groups in total. The number of hydrogen-bond acceptors (Lipinski definition) is 5. The summed E-state index contributed by atoms with van der Waals surface area (Å²) in [6.45, 7) is 0. The van der Waals surface area contributed by atoms with Crippen LogP contribution in [-0.2, 0) is 0 Å². The van der Waals surface area contributed by atoms with Gasteiger partial charge in [0.2, 0.25) is 0 Å². The predicted octanol–water partition coefficient (Wildman–Crippen LogP) is 0.497. The third-order valence-electron chi connectivity index (χ3n) is 2.82. The third-order valence-corrected chi connectivity index (χ3v) is 3.02. The third kappa shape index (κ3) is 1.84. The van der Waals surface area contributed by atoms with Gasteiger partial charge < -0.3 is 21.1 Å². The molecule has 1 aromatic heterocycles. The van der Waals surface area contributed by atoms with Crippen LogP contribution in [0.5, 0.6) is 5.75 Å². The summed E-state index contributed by atoms with van der Waals surface area (Å²) in [5.74, 6) is 0.315. The van der Waals surface area contributed by atoms with E-state index in [9.17, 15) is 4.79 Å². The van der Waals surface area contributed by atoms with Gasteiger partial charge in [-0.25, -0.2) is 0 Å². The van der Waals surface area contributed by atoms with E-state index in [0.29, 0.717) is 28.1 Å². The van der Waals surface area contributed by atoms with E-state index in [1.54, 1.807) is 25.3 Å². The SMILES string of the molecule is COc1ccc2c(c1)NC(=S)Nc1c(C(N)=O)nnn1-2. The minimum absolute atomic E-state index is 0.0258. The van der Waals surface area contributed by atoms with E-state index in [-0.39, 0.29) is 5.69 Å². The number of nitrogens with zero attached hydrogens (tertiary/aromatic N) is 3. The van der Waals surface area contributed by atoms with Crippen molar-refractivity contribution in [2.75, 3.05) is 17.7 Å². The number of carbonyl (C=O) groups is 1. The van der Waals surface area contributed by atoms with Crippen LogP contribution in [0, 0.1) is 0 Å². The Kier molecular flexibility index (Phi) is 2.75. The number of hydrogen-bond donors (Lipinski definition) is 3. The Balaban J connectivity index is 2.23. The van der Waals surface area contributed by atoms with Gasteiger partial charge in [-0.15, -0.1) is 5.10 Å². The highest BCUT2D eigenvalue weighted by Crippen LogP contribution is 2.30. The van der Waals surface area contributed by atoms with Crippen molar-refractivity contribution in [3.05, 3.63) is 23.9 Å². The lowest BCUT2D eigenvalue weighted by molar-refractivity contribution is 0.0996. The van der Waals surface area contributed by atoms with Crippen molar-refractivity contribution in [1.29, 1.82) is 0 Å². The molecule has 1 aliphatic heterocycles. The second-order valence-corrected chi connectivity index (χ2v) is 4.43. The van der Waals surface area contributed by atoms with Crippen LogP contribution in [0.1, 0.15) is 10.5 Å². The van der Waals surface area contributed by atoms with Crippen molar-refractivity contribution >= 4 is 34.7 Å². The lowest BCUT2D eigenvalue weighted by Crippen LogP contribution is -2.21. The van der Waals surface area contributed by atoms with Gasteiger partial charge in [-0.05, 0) is 24.4 Å². The van der Waals surface area contributed by atoms with E-state index in [1.165, 1.54) is 4.68 Å². The van der Waals surface area contributed by atoms with E-state index >= 15 is 0 Å². The van der Waals surface area contributed by atoms with E-state index in [4.69, 9.17) is 22.7 Å². The normalized spacial score (nSPS) is 12.6. The summed E-state index contributed by atoms with van der Waals surface area (Å²) in [5.41, 5.74) is 6.65. The van der Waals surface area contributed by atoms with Gasteiger partial charge in [-0.1, -0.05) is 5.21 Å². The zero-order valence-electron chi connectivity index (χ0n) is 10.4. The number of amides is 1. The molecular formula is C11H10N6O2S. The predicted molar refractivity (Wildman–Crippen MR) is 76.3 cm³/mol. The molecule has 0 saturated carbocycles. The molecule has 1 amide bonds. The molecule has 0 spiro atoms. The fraction of sp³-hybridized carbons (Fsp3) is 0.0909. The fourth-order valence-corrected chi connectivity index (χ4v) is 2.12. The molecule has 3 rings (SSSR count). The number of nitrogens with two attached hydrogens (primary N) is 1. The first-order chi connectivity index (χ1) is 9.60. The summed E-state index contributed by atoms with van der Waals surface area (Å²) < 4.78 is 6.62. The molecule has 9 heteroatoms. The molecule has 1 aliphatic rings. The van der Waals surface area contributed by atoms with Gasteiger partial charge in [0.1, 0.15) is 5.75 Å². The number of ether oxygens (including phenoxy) is 1. The van der Waals surface area contributed by atoms with Crippen molar-refractivity contribution in [3.63, 3.8) is 0 Å². The summed E-state index contributed by atoms with van der Waals surface area (Å²) in [6, 6.07) is 5.31. The number of thiocarbonyl (C=S) groups is 1. The Morgan fingerprint density at radius 1 is 1.45 bits per heavy atom. The van der Waals surface area contributed by atoms with Crippen molar-refractivity contribution in [1.82, 2.24) is 15.0 Å².